The van der Waals surface area contributed by atoms with Crippen molar-refractivity contribution in [2.45, 2.75) is 39.5 Å². The van der Waals surface area contributed by atoms with Crippen molar-refractivity contribution >= 4 is 11.6 Å². The zero-order valence-corrected chi connectivity index (χ0v) is 18.3. The number of hydrogen-bond donors (Lipinski definition) is 2. The molecule has 0 unspecified atom stereocenters. The molecule has 3 aromatic rings. The van der Waals surface area contributed by atoms with Crippen molar-refractivity contribution in [1.82, 2.24) is 15.1 Å². The maximum absolute atomic E-state index is 9.32. The molecule has 0 aliphatic heterocycles. The van der Waals surface area contributed by atoms with Gasteiger partial charge in [0.1, 0.15) is 11.8 Å². The normalized spacial score (nSPS) is 12.0. The van der Waals surface area contributed by atoms with Crippen LogP contribution in [0.4, 0.5) is 0 Å². The highest BCUT2D eigenvalue weighted by Gasteiger charge is 2.16. The van der Waals surface area contributed by atoms with Gasteiger partial charge in [-0.3, -0.25) is 0 Å². The Morgan fingerprint density at radius 1 is 1.17 bits per heavy atom. The summed E-state index contributed by atoms with van der Waals surface area (Å²) in [6.07, 6.45) is 0.867. The minimum Gasteiger partial charge on any atom is -0.493 e. The summed E-state index contributed by atoms with van der Waals surface area (Å²) in [5.41, 5.74) is 3.61. The summed E-state index contributed by atoms with van der Waals surface area (Å²) < 4.78 is 13.3. The Hall–Kier alpha value is -2.54. The number of para-hydroxylation sites is 1. The van der Waals surface area contributed by atoms with Gasteiger partial charge in [0.15, 0.2) is 11.5 Å². The number of nitrogens with one attached hydrogen (secondary N) is 1. The number of ether oxygens (including phenoxy) is 2. The fraction of sp³-hybridized carbons (Fsp3) is 0.348. The van der Waals surface area contributed by atoms with E-state index in [0.29, 0.717) is 23.2 Å². The van der Waals surface area contributed by atoms with Gasteiger partial charge in [0, 0.05) is 18.2 Å². The first kappa shape index (κ1) is 22.2. The van der Waals surface area contributed by atoms with Crippen LogP contribution in [0.15, 0.2) is 48.5 Å². The standard InChI is InChI=1S/C23H28ClN3O3/c1-4-18(14-28)25-13-17-10-11-21(22(12-17)29-3)30-15-20-16(2)26-27(23(20)24)19-8-6-5-7-9-19/h5-12,18,25,28H,4,13-15H2,1-3H3/t18-/m1/s1. The van der Waals surface area contributed by atoms with Crippen LogP contribution >= 0.6 is 11.6 Å². The molecular weight excluding hydrogens is 402 g/mol. The second kappa shape index (κ2) is 10.5. The summed E-state index contributed by atoms with van der Waals surface area (Å²) in [7, 11) is 1.62. The molecular formula is C23H28ClN3O3. The van der Waals surface area contributed by atoms with Crippen molar-refractivity contribution in [2.24, 2.45) is 0 Å². The number of methoxy groups -OCH3 is 1. The maximum Gasteiger partial charge on any atom is 0.161 e. The van der Waals surface area contributed by atoms with Crippen LogP contribution in [0, 0.1) is 6.92 Å². The van der Waals surface area contributed by atoms with E-state index >= 15 is 0 Å². The second-order valence-electron chi connectivity index (χ2n) is 7.04. The Bertz CT molecular complexity index is 956. The van der Waals surface area contributed by atoms with Crippen molar-refractivity contribution in [1.29, 1.82) is 0 Å². The minimum absolute atomic E-state index is 0.0817. The lowest BCUT2D eigenvalue weighted by atomic mass is 10.1. The number of aliphatic hydroxyl groups excluding tert-OH is 1. The van der Waals surface area contributed by atoms with Crippen molar-refractivity contribution in [3.63, 3.8) is 0 Å². The summed E-state index contributed by atoms with van der Waals surface area (Å²) in [5.74, 6) is 1.29. The van der Waals surface area contributed by atoms with Crippen LogP contribution < -0.4 is 14.8 Å². The van der Waals surface area contributed by atoms with E-state index < -0.39 is 0 Å². The molecule has 0 fully saturated rings. The highest BCUT2D eigenvalue weighted by Crippen LogP contribution is 2.31. The molecule has 0 amide bonds. The first-order valence-electron chi connectivity index (χ1n) is 10.0. The molecule has 3 rings (SSSR count). The summed E-state index contributed by atoms with van der Waals surface area (Å²) >= 11 is 6.59. The summed E-state index contributed by atoms with van der Waals surface area (Å²) in [6, 6.07) is 15.7. The monoisotopic (exact) mass is 429 g/mol. The smallest absolute Gasteiger partial charge is 0.161 e. The Labute approximate surface area is 182 Å². The summed E-state index contributed by atoms with van der Waals surface area (Å²) in [4.78, 5) is 0. The van der Waals surface area contributed by atoms with Gasteiger partial charge >= 0.3 is 0 Å². The van der Waals surface area contributed by atoms with Gasteiger partial charge in [-0.15, -0.1) is 0 Å². The lowest BCUT2D eigenvalue weighted by Gasteiger charge is -2.16. The quantitative estimate of drug-likeness (QED) is 0.503. The lowest BCUT2D eigenvalue weighted by Crippen LogP contribution is -2.31. The van der Waals surface area contributed by atoms with E-state index in [0.717, 1.165) is 28.9 Å². The number of aromatic nitrogens is 2. The van der Waals surface area contributed by atoms with Gasteiger partial charge < -0.3 is 19.9 Å². The molecule has 30 heavy (non-hydrogen) atoms. The molecule has 160 valence electrons. The van der Waals surface area contributed by atoms with E-state index in [1.54, 1.807) is 11.8 Å². The predicted molar refractivity (Wildman–Crippen MR) is 119 cm³/mol. The van der Waals surface area contributed by atoms with E-state index in [9.17, 15) is 5.11 Å². The molecule has 0 bridgehead atoms. The van der Waals surface area contributed by atoms with Gasteiger partial charge in [-0.25, -0.2) is 4.68 Å². The molecule has 2 aromatic carbocycles. The van der Waals surface area contributed by atoms with E-state index in [2.05, 4.69) is 10.4 Å². The van der Waals surface area contributed by atoms with Crippen LogP contribution in [0.3, 0.4) is 0 Å². The zero-order valence-electron chi connectivity index (χ0n) is 17.6. The number of benzene rings is 2. The van der Waals surface area contributed by atoms with Gasteiger partial charge in [0.05, 0.1) is 25.1 Å². The van der Waals surface area contributed by atoms with Crippen molar-refractivity contribution < 1.29 is 14.6 Å². The largest absolute Gasteiger partial charge is 0.493 e. The van der Waals surface area contributed by atoms with E-state index in [1.807, 2.05) is 62.4 Å². The number of rotatable bonds is 10. The molecule has 0 spiro atoms. The third-order valence-corrected chi connectivity index (χ3v) is 5.42. The molecule has 6 nitrogen and oxygen atoms in total. The molecule has 1 heterocycles. The molecule has 2 N–H and O–H groups in total. The molecule has 0 saturated carbocycles. The summed E-state index contributed by atoms with van der Waals surface area (Å²) in [5, 5.41) is 17.7. The van der Waals surface area contributed by atoms with E-state index in [-0.39, 0.29) is 19.3 Å². The van der Waals surface area contributed by atoms with Crippen molar-refractivity contribution in [3.8, 4) is 17.2 Å². The van der Waals surface area contributed by atoms with Gasteiger partial charge in [0.25, 0.3) is 0 Å². The topological polar surface area (TPSA) is 68.5 Å². The Kier molecular flexibility index (Phi) is 7.74. The molecule has 1 atom stereocenters. The Morgan fingerprint density at radius 2 is 1.93 bits per heavy atom. The SMILES string of the molecule is CC[C@H](CO)NCc1ccc(OCc2c(C)nn(-c3ccccc3)c2Cl)c(OC)c1. The number of aryl methyl sites for hydroxylation is 1. The summed E-state index contributed by atoms with van der Waals surface area (Å²) in [6.45, 7) is 5.00. The lowest BCUT2D eigenvalue weighted by molar-refractivity contribution is 0.238. The number of aliphatic hydroxyl groups is 1. The molecule has 0 radical (unpaired) electrons. The fourth-order valence-electron chi connectivity index (χ4n) is 3.13. The Balaban J connectivity index is 1.72. The van der Waals surface area contributed by atoms with Crippen LogP contribution in [0.1, 0.15) is 30.2 Å². The molecule has 0 saturated heterocycles. The highest BCUT2D eigenvalue weighted by atomic mass is 35.5. The minimum atomic E-state index is 0.0817. The van der Waals surface area contributed by atoms with Gasteiger partial charge in [-0.2, -0.15) is 5.10 Å². The van der Waals surface area contributed by atoms with Crippen LogP contribution in [0.2, 0.25) is 5.15 Å². The van der Waals surface area contributed by atoms with Crippen LogP contribution in [-0.4, -0.2) is 34.6 Å². The molecule has 0 aliphatic rings. The number of halogens is 1. The zero-order chi connectivity index (χ0) is 21.5. The first-order chi connectivity index (χ1) is 14.6. The number of hydrogen-bond acceptors (Lipinski definition) is 5. The third-order valence-electron chi connectivity index (χ3n) is 5.03. The van der Waals surface area contributed by atoms with Crippen molar-refractivity contribution in [2.75, 3.05) is 13.7 Å². The maximum atomic E-state index is 9.32. The predicted octanol–water partition coefficient (Wildman–Crippen LogP) is 4.28. The average Bonchev–Trinajstić information content (AvgIpc) is 3.07. The first-order valence-corrected chi connectivity index (χ1v) is 10.4. The Morgan fingerprint density at radius 3 is 2.60 bits per heavy atom. The van der Waals surface area contributed by atoms with Gasteiger partial charge in [0.2, 0.25) is 0 Å². The fourth-order valence-corrected chi connectivity index (χ4v) is 3.45. The van der Waals surface area contributed by atoms with Crippen LogP contribution in [0.5, 0.6) is 11.5 Å². The van der Waals surface area contributed by atoms with E-state index in [4.69, 9.17) is 21.1 Å². The highest BCUT2D eigenvalue weighted by molar-refractivity contribution is 6.30. The number of nitrogens with zero attached hydrogens (tertiary/aromatic N) is 2. The molecule has 0 aliphatic carbocycles. The van der Waals surface area contributed by atoms with Gasteiger partial charge in [-0.05, 0) is 43.2 Å². The van der Waals surface area contributed by atoms with Crippen LogP contribution in [-0.2, 0) is 13.2 Å². The third kappa shape index (κ3) is 5.14. The van der Waals surface area contributed by atoms with Crippen molar-refractivity contribution in [3.05, 3.63) is 70.5 Å². The van der Waals surface area contributed by atoms with E-state index in [1.165, 1.54) is 0 Å². The second-order valence-corrected chi connectivity index (χ2v) is 7.40. The average molecular weight is 430 g/mol. The van der Waals surface area contributed by atoms with Gasteiger partial charge in [-0.1, -0.05) is 42.8 Å². The van der Waals surface area contributed by atoms with Crippen LogP contribution in [0.25, 0.3) is 5.69 Å². The molecule has 1 aromatic heterocycles. The molecule has 7 heteroatoms.